The molecule has 0 amide bonds. The predicted octanol–water partition coefficient (Wildman–Crippen LogP) is 0.632. The highest BCUT2D eigenvalue weighted by atomic mass is 15.1. The molecular formula is C10H15N5. The van der Waals surface area contributed by atoms with Crippen molar-refractivity contribution in [3.63, 3.8) is 0 Å². The summed E-state index contributed by atoms with van der Waals surface area (Å²) in [5, 5.41) is 0. The molecule has 2 rings (SSSR count). The standard InChI is InChI=1S/C10H15N5/c1-14-7-12-5-10(14)9-6-15(8-13-9)4-2-3-11/h5-8H,2-4,11H2,1H3. The van der Waals surface area contributed by atoms with Crippen molar-refractivity contribution in [3.05, 3.63) is 25.0 Å². The van der Waals surface area contributed by atoms with Crippen molar-refractivity contribution in [2.24, 2.45) is 12.8 Å². The summed E-state index contributed by atoms with van der Waals surface area (Å²) < 4.78 is 4.00. The fourth-order valence-corrected chi connectivity index (χ4v) is 1.49. The van der Waals surface area contributed by atoms with E-state index in [0.29, 0.717) is 6.54 Å². The van der Waals surface area contributed by atoms with Crippen molar-refractivity contribution in [1.82, 2.24) is 19.1 Å². The molecule has 0 unspecified atom stereocenters. The van der Waals surface area contributed by atoms with Crippen LogP contribution in [0.2, 0.25) is 0 Å². The summed E-state index contributed by atoms with van der Waals surface area (Å²) in [5.74, 6) is 0. The quantitative estimate of drug-likeness (QED) is 0.796. The van der Waals surface area contributed by atoms with Gasteiger partial charge in [0.1, 0.15) is 5.69 Å². The van der Waals surface area contributed by atoms with Gasteiger partial charge in [-0.1, -0.05) is 0 Å². The average molecular weight is 205 g/mol. The van der Waals surface area contributed by atoms with Crippen LogP contribution in [0.25, 0.3) is 11.4 Å². The Balaban J connectivity index is 2.17. The second kappa shape index (κ2) is 4.27. The monoisotopic (exact) mass is 205 g/mol. The van der Waals surface area contributed by atoms with E-state index in [9.17, 15) is 0 Å². The van der Waals surface area contributed by atoms with E-state index in [0.717, 1.165) is 24.4 Å². The van der Waals surface area contributed by atoms with Gasteiger partial charge in [-0.05, 0) is 13.0 Å². The molecule has 0 aliphatic carbocycles. The van der Waals surface area contributed by atoms with Gasteiger partial charge in [-0.3, -0.25) is 0 Å². The molecule has 0 aliphatic heterocycles. The lowest BCUT2D eigenvalue weighted by atomic mass is 10.3. The van der Waals surface area contributed by atoms with Crippen LogP contribution in [0.15, 0.2) is 25.0 Å². The molecule has 2 aromatic rings. The van der Waals surface area contributed by atoms with Crippen molar-refractivity contribution in [3.8, 4) is 11.4 Å². The topological polar surface area (TPSA) is 61.7 Å². The number of imidazole rings is 2. The molecule has 5 heteroatoms. The van der Waals surface area contributed by atoms with Crippen LogP contribution in [0.1, 0.15) is 6.42 Å². The molecule has 0 saturated heterocycles. The summed E-state index contributed by atoms with van der Waals surface area (Å²) in [6.07, 6.45) is 8.41. The Morgan fingerprint density at radius 2 is 2.27 bits per heavy atom. The number of hydrogen-bond acceptors (Lipinski definition) is 3. The van der Waals surface area contributed by atoms with Crippen molar-refractivity contribution in [2.45, 2.75) is 13.0 Å². The molecule has 0 bridgehead atoms. The molecule has 2 N–H and O–H groups in total. The van der Waals surface area contributed by atoms with Crippen LogP contribution in [0.4, 0.5) is 0 Å². The first-order valence-electron chi connectivity index (χ1n) is 5.00. The number of aromatic nitrogens is 4. The minimum Gasteiger partial charge on any atom is -0.337 e. The van der Waals surface area contributed by atoms with E-state index >= 15 is 0 Å². The summed E-state index contributed by atoms with van der Waals surface area (Å²) in [5.41, 5.74) is 7.43. The molecule has 15 heavy (non-hydrogen) atoms. The first-order chi connectivity index (χ1) is 7.31. The lowest BCUT2D eigenvalue weighted by Crippen LogP contribution is -2.03. The van der Waals surface area contributed by atoms with E-state index in [4.69, 9.17) is 5.73 Å². The molecule has 0 radical (unpaired) electrons. The molecule has 0 aliphatic rings. The van der Waals surface area contributed by atoms with Gasteiger partial charge >= 0.3 is 0 Å². The Labute approximate surface area is 88.6 Å². The maximum atomic E-state index is 5.45. The average Bonchev–Trinajstić information content (AvgIpc) is 2.83. The van der Waals surface area contributed by atoms with Crippen molar-refractivity contribution in [1.29, 1.82) is 0 Å². The third-order valence-corrected chi connectivity index (χ3v) is 2.33. The third-order valence-electron chi connectivity index (χ3n) is 2.33. The molecule has 0 spiro atoms. The molecular weight excluding hydrogens is 190 g/mol. The first kappa shape index (κ1) is 9.92. The number of nitrogens with zero attached hydrogens (tertiary/aromatic N) is 4. The smallest absolute Gasteiger partial charge is 0.106 e. The Bertz CT molecular complexity index is 428. The van der Waals surface area contributed by atoms with Crippen LogP contribution in [-0.2, 0) is 13.6 Å². The number of nitrogens with two attached hydrogens (primary N) is 1. The maximum absolute atomic E-state index is 5.45. The van der Waals surface area contributed by atoms with Crippen LogP contribution >= 0.6 is 0 Å². The maximum Gasteiger partial charge on any atom is 0.106 e. The second-order valence-corrected chi connectivity index (χ2v) is 3.53. The zero-order chi connectivity index (χ0) is 10.7. The highest BCUT2D eigenvalue weighted by molar-refractivity contribution is 5.52. The predicted molar refractivity (Wildman–Crippen MR) is 58.1 cm³/mol. The third kappa shape index (κ3) is 2.07. The van der Waals surface area contributed by atoms with E-state index in [1.54, 1.807) is 6.33 Å². The fourth-order valence-electron chi connectivity index (χ4n) is 1.49. The Hall–Kier alpha value is -1.62. The van der Waals surface area contributed by atoms with Crippen LogP contribution in [0.5, 0.6) is 0 Å². The van der Waals surface area contributed by atoms with Gasteiger partial charge < -0.3 is 14.9 Å². The van der Waals surface area contributed by atoms with Gasteiger partial charge in [0.05, 0.1) is 24.5 Å². The summed E-state index contributed by atoms with van der Waals surface area (Å²) >= 11 is 0. The molecule has 5 nitrogen and oxygen atoms in total. The first-order valence-corrected chi connectivity index (χ1v) is 5.00. The number of rotatable bonds is 4. The highest BCUT2D eigenvalue weighted by Gasteiger charge is 2.05. The van der Waals surface area contributed by atoms with Gasteiger partial charge in [0.2, 0.25) is 0 Å². The molecule has 0 fully saturated rings. The largest absolute Gasteiger partial charge is 0.337 e. The van der Waals surface area contributed by atoms with Crippen LogP contribution in [0, 0.1) is 0 Å². The van der Waals surface area contributed by atoms with Gasteiger partial charge in [-0.2, -0.15) is 0 Å². The van der Waals surface area contributed by atoms with E-state index in [1.807, 2.05) is 30.3 Å². The Morgan fingerprint density at radius 1 is 1.40 bits per heavy atom. The minimum absolute atomic E-state index is 0.708. The fraction of sp³-hybridized carbons (Fsp3) is 0.400. The lowest BCUT2D eigenvalue weighted by Gasteiger charge is -1.98. The molecule has 80 valence electrons. The van der Waals surface area contributed by atoms with Crippen molar-refractivity contribution in [2.75, 3.05) is 6.54 Å². The van der Waals surface area contributed by atoms with Crippen molar-refractivity contribution >= 4 is 0 Å². The van der Waals surface area contributed by atoms with Gasteiger partial charge in [0.15, 0.2) is 0 Å². The van der Waals surface area contributed by atoms with E-state index < -0.39 is 0 Å². The minimum atomic E-state index is 0.708. The normalized spacial score (nSPS) is 10.8. The molecule has 2 aromatic heterocycles. The molecule has 2 heterocycles. The number of aryl methyl sites for hydroxylation is 2. The second-order valence-electron chi connectivity index (χ2n) is 3.53. The van der Waals surface area contributed by atoms with Gasteiger partial charge in [-0.25, -0.2) is 9.97 Å². The van der Waals surface area contributed by atoms with Crippen molar-refractivity contribution < 1.29 is 0 Å². The van der Waals surface area contributed by atoms with Crippen LogP contribution in [0.3, 0.4) is 0 Å². The van der Waals surface area contributed by atoms with Gasteiger partial charge in [-0.15, -0.1) is 0 Å². The van der Waals surface area contributed by atoms with Crippen LogP contribution in [-0.4, -0.2) is 25.6 Å². The lowest BCUT2D eigenvalue weighted by molar-refractivity contribution is 0.650. The Kier molecular flexibility index (Phi) is 2.82. The zero-order valence-electron chi connectivity index (χ0n) is 8.80. The molecule has 0 saturated carbocycles. The highest BCUT2D eigenvalue weighted by Crippen LogP contribution is 2.14. The summed E-state index contributed by atoms with van der Waals surface area (Å²) in [6, 6.07) is 0. The molecule has 0 atom stereocenters. The Morgan fingerprint density at radius 3 is 2.93 bits per heavy atom. The summed E-state index contributed by atoms with van der Waals surface area (Å²) in [7, 11) is 1.96. The zero-order valence-corrected chi connectivity index (χ0v) is 8.80. The molecule has 0 aromatic carbocycles. The number of hydrogen-bond donors (Lipinski definition) is 1. The SMILES string of the molecule is Cn1cncc1-c1cn(CCCN)cn1. The van der Waals surface area contributed by atoms with Crippen LogP contribution < -0.4 is 5.73 Å². The summed E-state index contributed by atoms with van der Waals surface area (Å²) in [4.78, 5) is 8.40. The van der Waals surface area contributed by atoms with E-state index in [-0.39, 0.29) is 0 Å². The van der Waals surface area contributed by atoms with Gasteiger partial charge in [0.25, 0.3) is 0 Å². The van der Waals surface area contributed by atoms with E-state index in [2.05, 4.69) is 14.5 Å². The summed E-state index contributed by atoms with van der Waals surface area (Å²) in [6.45, 7) is 1.63. The van der Waals surface area contributed by atoms with Gasteiger partial charge in [0, 0.05) is 19.8 Å². The van der Waals surface area contributed by atoms with E-state index in [1.165, 1.54) is 0 Å².